The maximum absolute atomic E-state index is 12.8. The number of phosphoric ester groups is 1. The highest BCUT2D eigenvalue weighted by molar-refractivity contribution is 7.47. The second kappa shape index (κ2) is 72.3. The number of carbonyl (C=O) groups is 2. The third kappa shape index (κ3) is 72.1. The minimum absolute atomic E-state index is 0.0523. The minimum atomic E-state index is -4.40. The van der Waals surface area contributed by atoms with E-state index in [2.05, 4.69) is 98.9 Å². The Labute approximate surface area is 538 Å². The molecule has 0 saturated heterocycles. The van der Waals surface area contributed by atoms with E-state index >= 15 is 0 Å². The van der Waals surface area contributed by atoms with Crippen molar-refractivity contribution < 1.29 is 37.6 Å². The number of esters is 2. The van der Waals surface area contributed by atoms with E-state index in [1.54, 1.807) is 0 Å². The summed E-state index contributed by atoms with van der Waals surface area (Å²) in [6.07, 6.45) is 97.0. The van der Waals surface area contributed by atoms with Crippen LogP contribution < -0.4 is 5.73 Å². The van der Waals surface area contributed by atoms with Crippen molar-refractivity contribution >= 4 is 19.8 Å². The molecule has 10 heteroatoms. The maximum atomic E-state index is 12.8. The summed E-state index contributed by atoms with van der Waals surface area (Å²) in [7, 11) is -4.40. The SMILES string of the molecule is CC/C=C\C/C=C\C/C=C\C/C=C\CCCCCCCCCCCCCCC(=O)OC(COC(=O)CCCCCCCCCCCCCCCCCCCCCCCCCCCC/C=C\C/C=C\C/C=C\CCCCCCC)COP(=O)(O)OCCN. The Hall–Kier alpha value is -2.81. The van der Waals surface area contributed by atoms with Gasteiger partial charge in [-0.2, -0.15) is 0 Å². The molecule has 0 aromatic carbocycles. The third-order valence-electron chi connectivity index (χ3n) is 16.3. The molecule has 0 aliphatic rings. The second-order valence-corrected chi connectivity index (χ2v) is 26.2. The second-order valence-electron chi connectivity index (χ2n) is 24.8. The van der Waals surface area contributed by atoms with Crippen LogP contribution in [0, 0.1) is 0 Å². The Bertz CT molecular complexity index is 1700. The molecule has 9 nitrogen and oxygen atoms in total. The molecule has 0 rings (SSSR count). The fraction of sp³-hybridized carbons (Fsp3) is 0.792. The molecule has 0 fully saturated rings. The number of nitrogens with two attached hydrogens (primary N) is 1. The molecule has 0 heterocycles. The van der Waals surface area contributed by atoms with Crippen LogP contribution in [-0.2, 0) is 32.7 Å². The Morgan fingerprint density at radius 3 is 0.943 bits per heavy atom. The predicted octanol–water partition coefficient (Wildman–Crippen LogP) is 24.5. The summed E-state index contributed by atoms with van der Waals surface area (Å²) in [6, 6.07) is 0. The van der Waals surface area contributed by atoms with Gasteiger partial charge in [0.1, 0.15) is 6.61 Å². The van der Waals surface area contributed by atoms with E-state index in [1.165, 1.54) is 250 Å². The topological polar surface area (TPSA) is 134 Å². The monoisotopic (exact) mass is 1240 g/mol. The first-order valence-corrected chi connectivity index (χ1v) is 38.6. The first kappa shape index (κ1) is 84.2. The average molecular weight is 1240 g/mol. The van der Waals surface area contributed by atoms with Gasteiger partial charge in [0.15, 0.2) is 6.10 Å². The van der Waals surface area contributed by atoms with E-state index in [1.807, 2.05) is 0 Å². The van der Waals surface area contributed by atoms with Crippen molar-refractivity contribution in [3.63, 3.8) is 0 Å². The number of phosphoric acid groups is 1. The quantitative estimate of drug-likeness (QED) is 0.0264. The molecule has 2 atom stereocenters. The summed E-state index contributed by atoms with van der Waals surface area (Å²) in [5.74, 6) is -0.816. The lowest BCUT2D eigenvalue weighted by molar-refractivity contribution is -0.161. The fourth-order valence-corrected chi connectivity index (χ4v) is 11.6. The van der Waals surface area contributed by atoms with Crippen LogP contribution in [0.15, 0.2) is 85.1 Å². The molecule has 0 aromatic rings. The summed E-state index contributed by atoms with van der Waals surface area (Å²) in [5.41, 5.74) is 5.40. The lowest BCUT2D eigenvalue weighted by atomic mass is 10.0. The minimum Gasteiger partial charge on any atom is -0.462 e. The van der Waals surface area contributed by atoms with E-state index in [0.717, 1.165) is 77.0 Å². The van der Waals surface area contributed by atoms with Crippen LogP contribution in [0.3, 0.4) is 0 Å². The number of ether oxygens (including phenoxy) is 2. The molecule has 0 amide bonds. The molecule has 0 aromatic heterocycles. The Balaban J connectivity index is 3.77. The van der Waals surface area contributed by atoms with Gasteiger partial charge in [-0.3, -0.25) is 18.6 Å². The first-order chi connectivity index (χ1) is 42.8. The highest BCUT2D eigenvalue weighted by Crippen LogP contribution is 2.43. The van der Waals surface area contributed by atoms with Gasteiger partial charge in [0, 0.05) is 19.4 Å². The molecule has 506 valence electrons. The van der Waals surface area contributed by atoms with Crippen LogP contribution in [-0.4, -0.2) is 49.3 Å². The lowest BCUT2D eigenvalue weighted by Gasteiger charge is -2.19. The van der Waals surface area contributed by atoms with E-state index in [-0.39, 0.29) is 38.6 Å². The molecule has 0 aliphatic heterocycles. The highest BCUT2D eigenvalue weighted by Gasteiger charge is 2.26. The number of allylic oxidation sites excluding steroid dienone is 14. The van der Waals surface area contributed by atoms with Crippen molar-refractivity contribution in [3.05, 3.63) is 85.1 Å². The summed E-state index contributed by atoms with van der Waals surface area (Å²) >= 11 is 0. The van der Waals surface area contributed by atoms with Gasteiger partial charge < -0.3 is 20.1 Å². The Morgan fingerprint density at radius 2 is 0.632 bits per heavy atom. The molecule has 0 bridgehead atoms. The summed E-state index contributed by atoms with van der Waals surface area (Å²) in [6.45, 7) is 3.66. The van der Waals surface area contributed by atoms with Crippen molar-refractivity contribution in [2.75, 3.05) is 26.4 Å². The number of unbranched alkanes of at least 4 members (excludes halogenated alkanes) is 43. The van der Waals surface area contributed by atoms with Gasteiger partial charge in [0.2, 0.25) is 0 Å². The molecule has 0 radical (unpaired) electrons. The van der Waals surface area contributed by atoms with Crippen molar-refractivity contribution in [2.24, 2.45) is 5.73 Å². The maximum Gasteiger partial charge on any atom is 0.472 e. The molecule has 3 N–H and O–H groups in total. The Morgan fingerprint density at radius 1 is 0.356 bits per heavy atom. The predicted molar refractivity (Wildman–Crippen MR) is 376 cm³/mol. The lowest BCUT2D eigenvalue weighted by Crippen LogP contribution is -2.29. The largest absolute Gasteiger partial charge is 0.472 e. The van der Waals surface area contributed by atoms with Crippen LogP contribution in [0.25, 0.3) is 0 Å². The number of carbonyl (C=O) groups excluding carboxylic acids is 2. The van der Waals surface area contributed by atoms with Gasteiger partial charge in [-0.05, 0) is 89.9 Å². The molecule has 87 heavy (non-hydrogen) atoms. The average Bonchev–Trinajstić information content (AvgIpc) is 3.64. The van der Waals surface area contributed by atoms with Gasteiger partial charge in [-0.1, -0.05) is 343 Å². The zero-order chi connectivity index (χ0) is 63.0. The van der Waals surface area contributed by atoms with Crippen molar-refractivity contribution in [1.29, 1.82) is 0 Å². The number of hydrogen-bond donors (Lipinski definition) is 2. The smallest absolute Gasteiger partial charge is 0.462 e. The summed E-state index contributed by atoms with van der Waals surface area (Å²) in [5, 5.41) is 0. The zero-order valence-electron chi connectivity index (χ0n) is 57.0. The van der Waals surface area contributed by atoms with Gasteiger partial charge in [0.25, 0.3) is 0 Å². The Kier molecular flexibility index (Phi) is 69.9. The first-order valence-electron chi connectivity index (χ1n) is 37.1. The summed E-state index contributed by atoms with van der Waals surface area (Å²) < 4.78 is 33.2. The highest BCUT2D eigenvalue weighted by atomic mass is 31.2. The van der Waals surface area contributed by atoms with Crippen molar-refractivity contribution in [1.82, 2.24) is 0 Å². The van der Waals surface area contributed by atoms with Crippen LogP contribution in [0.4, 0.5) is 0 Å². The van der Waals surface area contributed by atoms with E-state index in [9.17, 15) is 19.0 Å². The summed E-state index contributed by atoms with van der Waals surface area (Å²) in [4.78, 5) is 35.4. The molecule has 0 aliphatic carbocycles. The van der Waals surface area contributed by atoms with Gasteiger partial charge in [-0.15, -0.1) is 0 Å². The number of rotatable bonds is 70. The van der Waals surface area contributed by atoms with Crippen LogP contribution in [0.1, 0.15) is 361 Å². The van der Waals surface area contributed by atoms with E-state index < -0.39 is 26.5 Å². The number of hydrogen-bond acceptors (Lipinski definition) is 8. The zero-order valence-corrected chi connectivity index (χ0v) is 57.9. The molecular weight excluding hydrogens is 1100 g/mol. The fourth-order valence-electron chi connectivity index (χ4n) is 10.8. The molecular formula is C77H140NO8P. The van der Waals surface area contributed by atoms with Crippen LogP contribution in [0.5, 0.6) is 0 Å². The molecule has 0 saturated carbocycles. The van der Waals surface area contributed by atoms with Gasteiger partial charge in [-0.25, -0.2) is 4.57 Å². The van der Waals surface area contributed by atoms with Crippen LogP contribution in [0.2, 0.25) is 0 Å². The van der Waals surface area contributed by atoms with E-state index in [0.29, 0.717) is 6.42 Å². The molecule has 0 spiro atoms. The standard InChI is InChI=1S/C77H140NO8P/c1-3-5-7-9-11-13-15-17-19-21-23-25-27-29-30-31-32-33-34-35-36-37-38-39-40-41-42-43-44-46-47-49-51-53-55-57-59-61-63-65-67-69-76(79)83-73-75(74-85-87(81,82)84-72-71-78)86-77(80)70-68-66-64-62-60-58-56-54-52-50-48-45-28-26-24-22-20-18-16-14-12-10-8-6-4-2/h6,8,12,14-15,17-18,20-21,23-24,26-27,29,75H,3-5,7,9-11,13,16,19,22,25,28,30-74,78H2,1-2H3,(H,81,82)/b8-6-,14-12-,17-15-,20-18-,23-21-,26-24-,29-27-. The van der Waals surface area contributed by atoms with Crippen molar-refractivity contribution in [3.8, 4) is 0 Å². The van der Waals surface area contributed by atoms with Gasteiger partial charge >= 0.3 is 19.8 Å². The van der Waals surface area contributed by atoms with Crippen molar-refractivity contribution in [2.45, 2.75) is 367 Å². The molecule has 2 unspecified atom stereocenters. The third-order valence-corrected chi connectivity index (χ3v) is 17.2. The van der Waals surface area contributed by atoms with Gasteiger partial charge in [0.05, 0.1) is 13.2 Å². The normalized spacial score (nSPS) is 13.4. The van der Waals surface area contributed by atoms with E-state index in [4.69, 9.17) is 24.3 Å². The van der Waals surface area contributed by atoms with Crippen LogP contribution >= 0.6 is 7.82 Å².